The van der Waals surface area contributed by atoms with E-state index in [9.17, 15) is 104 Å². The summed E-state index contributed by atoms with van der Waals surface area (Å²) in [6.07, 6.45) is -4.32. The van der Waals surface area contributed by atoms with Gasteiger partial charge in [0.2, 0.25) is 65.0 Å². The molecule has 127 heavy (non-hydrogen) atoms. The van der Waals surface area contributed by atoms with Crippen LogP contribution in [-0.4, -0.2) is 370 Å². The zero-order valence-electron chi connectivity index (χ0n) is 74.9. The summed E-state index contributed by atoms with van der Waals surface area (Å²) in [6, 6.07) is -3.33. The Labute approximate surface area is 744 Å². The van der Waals surface area contributed by atoms with E-state index in [2.05, 4.69) is 58.5 Å². The third kappa shape index (κ3) is 48.3. The fourth-order valence-electron chi connectivity index (χ4n) is 14.5. The lowest BCUT2D eigenvalue weighted by Gasteiger charge is -2.42. The minimum atomic E-state index is -1.48. The number of carbonyl (C=O) groups is 11. The van der Waals surface area contributed by atoms with Gasteiger partial charge in [0.05, 0.1) is 109 Å². The van der Waals surface area contributed by atoms with Crippen LogP contribution in [0.15, 0.2) is 0 Å². The van der Waals surface area contributed by atoms with Gasteiger partial charge in [0.25, 0.3) is 0 Å². The minimum absolute atomic E-state index is 0.0225. The molecule has 4 heterocycles. The van der Waals surface area contributed by atoms with Gasteiger partial charge in [0.15, 0.2) is 18.9 Å². The number of carbonyl (C=O) groups excluding carboxylic acids is 11. The zero-order chi connectivity index (χ0) is 93.3. The molecule has 4 aliphatic heterocycles. The second-order valence-corrected chi connectivity index (χ2v) is 33.1. The Balaban J connectivity index is 1.31. The van der Waals surface area contributed by atoms with Crippen LogP contribution in [0, 0.1) is 5.92 Å². The summed E-state index contributed by atoms with van der Waals surface area (Å²) in [5, 5.41) is 133. The van der Waals surface area contributed by atoms with E-state index in [4.69, 9.17) is 52.1 Å². The van der Waals surface area contributed by atoms with Crippen LogP contribution < -0.4 is 58.5 Å². The van der Waals surface area contributed by atoms with Crippen molar-refractivity contribution in [1.82, 2.24) is 58.5 Å². The first kappa shape index (κ1) is 113. The van der Waals surface area contributed by atoms with E-state index in [1.54, 1.807) is 0 Å². The highest BCUT2D eigenvalue weighted by Gasteiger charge is 2.47. The van der Waals surface area contributed by atoms with Gasteiger partial charge in [-0.25, -0.2) is 0 Å². The van der Waals surface area contributed by atoms with E-state index >= 15 is 0 Å². The molecule has 0 radical (unpaired) electrons. The van der Waals surface area contributed by atoms with Gasteiger partial charge < -0.3 is 162 Å². The maximum atomic E-state index is 14.1. The Morgan fingerprint density at radius 1 is 0.370 bits per heavy atom. The molecule has 19 unspecified atom stereocenters. The Bertz CT molecular complexity index is 3120. The molecule has 0 aromatic rings. The number of unbranched alkanes of at least 4 members (excludes halogenated alkanes) is 10. The van der Waals surface area contributed by atoms with Crippen LogP contribution in [0.1, 0.15) is 208 Å². The number of hydrogen-bond acceptors (Lipinski definition) is 32. The van der Waals surface area contributed by atoms with E-state index in [-0.39, 0.29) is 235 Å². The quantitative estimate of drug-likeness (QED) is 0.0258. The van der Waals surface area contributed by atoms with Crippen molar-refractivity contribution in [2.24, 2.45) is 5.92 Å². The van der Waals surface area contributed by atoms with E-state index < -0.39 is 134 Å². The molecule has 0 aromatic carbocycles. The molecule has 0 saturated carbocycles. The highest BCUT2D eigenvalue weighted by molar-refractivity contribution is 5.79. The molecule has 0 aromatic heterocycles. The molecule has 4 saturated heterocycles. The maximum absolute atomic E-state index is 14.1. The summed E-state index contributed by atoms with van der Waals surface area (Å²) in [4.78, 5) is 140. The fourth-order valence-corrected chi connectivity index (χ4v) is 14.5. The van der Waals surface area contributed by atoms with Gasteiger partial charge >= 0.3 is 0 Å². The molecule has 4 fully saturated rings. The smallest absolute Gasteiger partial charge is 0.222 e. The molecule has 0 bridgehead atoms. The molecule has 4 rings (SSSR count). The first-order chi connectivity index (χ1) is 60.9. The molecule has 43 nitrogen and oxygen atoms in total. The standard InChI is InChI=1S/C84H151N11O32/c1-54(2)125-62-44-60(126-63(62)47-97)45-91-68(107)23-12-10-8-6-7-9-11-13-27-72(111)95-84(53-119-42-30-71(110)90-36-22-33-87-67(106)26-16-19-39-122-83-75(94-57(5)101)80(116)78(114)64(48-98)127-83,51-117-40-28-69(108)88-34-20-31-85-65(104)24-14-17-37-120-81-73(92-55(3)99)77(113)61(103)43-59(102)50-124-81)52-118-41-29-70(109)89-35-21-32-86-66(105)25-15-18-38-121-82-74(93-56(4)100)79(115)76(112)58(46-96)49-123-82/h54,58-64,73-83,96-98,102-103,112-116H,6-53H2,1-5H3,(H,85,104)(H,86,105)(H,87,106)(H,88,108)(H,89,109)(H,90,110)(H,91,107)(H,92,99)(H,93,100)(H,94,101)(H,95,111). The summed E-state index contributed by atoms with van der Waals surface area (Å²) in [5.74, 6) is -4.61. The summed E-state index contributed by atoms with van der Waals surface area (Å²) in [5.41, 5.74) is -1.44. The monoisotopic (exact) mass is 1830 g/mol. The maximum Gasteiger partial charge on any atom is 0.222 e. The molecular formula is C84H151N11O32. The molecule has 0 aliphatic carbocycles. The Kier molecular flexibility index (Phi) is 58.4. The first-order valence-corrected chi connectivity index (χ1v) is 45.2. The Morgan fingerprint density at radius 3 is 1.14 bits per heavy atom. The van der Waals surface area contributed by atoms with Crippen LogP contribution >= 0.6 is 0 Å². The average Bonchev–Trinajstić information content (AvgIpc) is 1.76. The van der Waals surface area contributed by atoms with Crippen LogP contribution in [0.25, 0.3) is 0 Å². The number of aliphatic hydroxyl groups is 10. The van der Waals surface area contributed by atoms with Crippen LogP contribution in [0.2, 0.25) is 0 Å². The highest BCUT2D eigenvalue weighted by Crippen LogP contribution is 2.27. The normalized spacial score (nSPS) is 25.4. The number of ether oxygens (including phenoxy) is 11. The van der Waals surface area contributed by atoms with E-state index in [1.807, 2.05) is 13.8 Å². The second kappa shape index (κ2) is 65.8. The van der Waals surface area contributed by atoms with Gasteiger partial charge in [-0.15, -0.1) is 0 Å². The first-order valence-electron chi connectivity index (χ1n) is 45.2. The molecule has 43 heteroatoms. The van der Waals surface area contributed by atoms with Crippen LogP contribution in [0.3, 0.4) is 0 Å². The topological polar surface area (TPSA) is 624 Å². The highest BCUT2D eigenvalue weighted by atomic mass is 16.7. The van der Waals surface area contributed by atoms with Gasteiger partial charge in [-0.2, -0.15) is 0 Å². The van der Waals surface area contributed by atoms with Crippen molar-refractivity contribution in [3.8, 4) is 0 Å². The largest absolute Gasteiger partial charge is 0.396 e. The molecule has 11 amide bonds. The average molecular weight is 1830 g/mol. The van der Waals surface area contributed by atoms with E-state index in [1.165, 1.54) is 20.8 Å². The summed E-state index contributed by atoms with van der Waals surface area (Å²) in [7, 11) is 0. The van der Waals surface area contributed by atoms with E-state index in [0.29, 0.717) is 90.0 Å². The van der Waals surface area contributed by atoms with Crippen molar-refractivity contribution < 1.29 is 156 Å². The predicted molar refractivity (Wildman–Crippen MR) is 453 cm³/mol. The van der Waals surface area contributed by atoms with Crippen LogP contribution in [-0.2, 0) is 105 Å². The predicted octanol–water partition coefficient (Wildman–Crippen LogP) is -4.08. The van der Waals surface area contributed by atoms with Crippen molar-refractivity contribution in [3.63, 3.8) is 0 Å². The molecule has 21 N–H and O–H groups in total. The number of rotatable bonds is 67. The lowest BCUT2D eigenvalue weighted by atomic mass is 9.96. The Hall–Kier alpha value is -6.67. The number of hydrogen-bond donors (Lipinski definition) is 21. The van der Waals surface area contributed by atoms with Gasteiger partial charge in [-0.05, 0) is 84.5 Å². The zero-order valence-corrected chi connectivity index (χ0v) is 74.9. The fraction of sp³-hybridized carbons (Fsp3) is 0.869. The Morgan fingerprint density at radius 2 is 0.732 bits per heavy atom. The van der Waals surface area contributed by atoms with Crippen molar-refractivity contribution in [2.75, 3.05) is 138 Å². The molecule has 734 valence electrons. The summed E-state index contributed by atoms with van der Waals surface area (Å²) < 4.78 is 64.4. The SMILES string of the molecule is CC(=O)NC1C(OCCCCC(=O)NCCCNC(=O)CCOCC(COCCC(=O)NCCCNC(=O)CCCCOC2OCC(CO)C(O)C(O)C2NC(C)=O)(COCCC(=O)NCCCNC(=O)CCCCOC2OC(CO)C(O)C(O)C2NC(C)=O)NC(=O)CCCCCCCCCCC(=O)NCC2CC(OC(C)C)C(CO)O2)OCC(O)CC(O)C1O. The summed E-state index contributed by atoms with van der Waals surface area (Å²) >= 11 is 0. The van der Waals surface area contributed by atoms with Gasteiger partial charge in [-0.1, -0.05) is 38.5 Å². The molecule has 4 aliphatic rings. The van der Waals surface area contributed by atoms with Gasteiger partial charge in [0, 0.05) is 157 Å². The van der Waals surface area contributed by atoms with Gasteiger partial charge in [-0.3, -0.25) is 52.7 Å². The van der Waals surface area contributed by atoms with Crippen molar-refractivity contribution in [3.05, 3.63) is 0 Å². The van der Waals surface area contributed by atoms with Crippen molar-refractivity contribution in [2.45, 2.75) is 324 Å². The van der Waals surface area contributed by atoms with Crippen molar-refractivity contribution in [1.29, 1.82) is 0 Å². The third-order valence-corrected chi connectivity index (χ3v) is 21.4. The lowest BCUT2D eigenvalue weighted by molar-refractivity contribution is -0.270. The third-order valence-electron chi connectivity index (χ3n) is 21.4. The summed E-state index contributed by atoms with van der Waals surface area (Å²) in [6.45, 7) is 6.72. The lowest BCUT2D eigenvalue weighted by Crippen LogP contribution is -2.64. The van der Waals surface area contributed by atoms with Gasteiger partial charge in [0.1, 0.15) is 60.3 Å². The minimum Gasteiger partial charge on any atom is -0.396 e. The van der Waals surface area contributed by atoms with Crippen LogP contribution in [0.4, 0.5) is 0 Å². The van der Waals surface area contributed by atoms with E-state index in [0.717, 1.165) is 38.5 Å². The number of amides is 11. The van der Waals surface area contributed by atoms with Crippen LogP contribution in [0.5, 0.6) is 0 Å². The number of aliphatic hydroxyl groups excluding tert-OH is 10. The molecule has 0 spiro atoms. The second-order valence-electron chi connectivity index (χ2n) is 33.1. The van der Waals surface area contributed by atoms with Crippen molar-refractivity contribution >= 4 is 65.0 Å². The molecular weight excluding hydrogens is 1670 g/mol. The number of nitrogens with one attached hydrogen (secondary N) is 11. The molecule has 19 atom stereocenters.